The van der Waals surface area contributed by atoms with Gasteiger partial charge in [0.1, 0.15) is 5.82 Å². The van der Waals surface area contributed by atoms with Gasteiger partial charge in [0.25, 0.3) is 11.6 Å². The summed E-state index contributed by atoms with van der Waals surface area (Å²) in [5, 5.41) is 15.7. The van der Waals surface area contributed by atoms with E-state index in [0.717, 1.165) is 11.6 Å². The van der Waals surface area contributed by atoms with E-state index in [4.69, 9.17) is 0 Å². The molecule has 2 rings (SSSR count). The van der Waals surface area contributed by atoms with Crippen LogP contribution in [0.2, 0.25) is 0 Å². The summed E-state index contributed by atoms with van der Waals surface area (Å²) >= 11 is 0. The summed E-state index contributed by atoms with van der Waals surface area (Å²) in [6, 6.07) is 11.2. The molecule has 0 aliphatic carbocycles. The van der Waals surface area contributed by atoms with Crippen molar-refractivity contribution in [1.29, 1.82) is 0 Å². The van der Waals surface area contributed by atoms with Gasteiger partial charge in [-0.15, -0.1) is 0 Å². The zero-order valence-corrected chi connectivity index (χ0v) is 13.2. The van der Waals surface area contributed by atoms with Gasteiger partial charge in [-0.25, -0.2) is 4.39 Å². The maximum absolute atomic E-state index is 12.8. The van der Waals surface area contributed by atoms with Crippen molar-refractivity contribution < 1.29 is 18.9 Å². The first-order chi connectivity index (χ1) is 12.0. The van der Waals surface area contributed by atoms with Crippen molar-refractivity contribution in [2.75, 3.05) is 13.1 Å². The summed E-state index contributed by atoms with van der Waals surface area (Å²) in [5.41, 5.74) is 0.784. The second kappa shape index (κ2) is 8.53. The monoisotopic (exact) mass is 345 g/mol. The van der Waals surface area contributed by atoms with Crippen LogP contribution < -0.4 is 10.6 Å². The maximum atomic E-state index is 12.8. The Hall–Kier alpha value is -3.29. The number of non-ortho nitro benzene ring substituents is 1. The number of rotatable bonds is 7. The Bertz CT molecular complexity index is 778. The van der Waals surface area contributed by atoms with Crippen molar-refractivity contribution in [3.8, 4) is 0 Å². The first-order valence-electron chi connectivity index (χ1n) is 7.49. The van der Waals surface area contributed by atoms with E-state index in [-0.39, 0.29) is 29.5 Å². The van der Waals surface area contributed by atoms with Crippen LogP contribution in [0.25, 0.3) is 0 Å². The fourth-order valence-corrected chi connectivity index (χ4v) is 2.08. The highest BCUT2D eigenvalue weighted by Gasteiger charge is 2.12. The molecule has 7 nitrogen and oxygen atoms in total. The molecule has 0 aromatic heterocycles. The number of carbonyl (C=O) groups excluding carboxylic acids is 2. The molecule has 0 bridgehead atoms. The van der Waals surface area contributed by atoms with E-state index in [1.54, 1.807) is 12.1 Å². The summed E-state index contributed by atoms with van der Waals surface area (Å²) in [6.07, 6.45) is 0.533. The molecular weight excluding hydrogens is 329 g/mol. The van der Waals surface area contributed by atoms with Gasteiger partial charge < -0.3 is 10.6 Å². The van der Waals surface area contributed by atoms with Crippen molar-refractivity contribution >= 4 is 17.5 Å². The van der Waals surface area contributed by atoms with E-state index in [1.165, 1.54) is 30.3 Å². The van der Waals surface area contributed by atoms with Gasteiger partial charge in [0.15, 0.2) is 0 Å². The zero-order valence-electron chi connectivity index (χ0n) is 13.2. The summed E-state index contributed by atoms with van der Waals surface area (Å²) in [7, 11) is 0. The maximum Gasteiger partial charge on any atom is 0.270 e. The summed E-state index contributed by atoms with van der Waals surface area (Å²) in [6.45, 7) is 0.0993. The van der Waals surface area contributed by atoms with Crippen LogP contribution in [0, 0.1) is 15.9 Å². The second-order valence-electron chi connectivity index (χ2n) is 5.22. The third kappa shape index (κ3) is 5.69. The average Bonchev–Trinajstić information content (AvgIpc) is 2.61. The molecule has 0 spiro atoms. The first kappa shape index (κ1) is 18.1. The van der Waals surface area contributed by atoms with Crippen LogP contribution in [0.3, 0.4) is 0 Å². The topological polar surface area (TPSA) is 101 Å². The molecule has 2 aromatic rings. The molecule has 130 valence electrons. The van der Waals surface area contributed by atoms with E-state index >= 15 is 0 Å². The molecule has 0 aliphatic rings. The predicted molar refractivity (Wildman–Crippen MR) is 88.5 cm³/mol. The second-order valence-corrected chi connectivity index (χ2v) is 5.22. The molecular formula is C17H16FN3O4. The number of nitrogens with one attached hydrogen (secondary N) is 2. The molecule has 2 aromatic carbocycles. The fraction of sp³-hybridized carbons (Fsp3) is 0.176. The Kier molecular flexibility index (Phi) is 6.16. The average molecular weight is 345 g/mol. The van der Waals surface area contributed by atoms with Gasteiger partial charge in [-0.3, -0.25) is 19.7 Å². The van der Waals surface area contributed by atoms with Crippen LogP contribution in [0.15, 0.2) is 48.5 Å². The highest BCUT2D eigenvalue weighted by Crippen LogP contribution is 2.12. The molecule has 0 unspecified atom stereocenters. The van der Waals surface area contributed by atoms with Crippen LogP contribution in [0.5, 0.6) is 0 Å². The minimum atomic E-state index is -0.598. The normalized spacial score (nSPS) is 10.1. The fourth-order valence-electron chi connectivity index (χ4n) is 2.08. The molecule has 0 heterocycles. The molecule has 0 saturated carbocycles. The number of nitro groups is 1. The molecule has 0 atom stereocenters. The quantitative estimate of drug-likeness (QED) is 0.590. The first-order valence-corrected chi connectivity index (χ1v) is 7.49. The minimum absolute atomic E-state index is 0.105. The third-order valence-corrected chi connectivity index (χ3v) is 3.38. The lowest BCUT2D eigenvalue weighted by Crippen LogP contribution is -2.37. The van der Waals surface area contributed by atoms with Gasteiger partial charge in [-0.2, -0.15) is 0 Å². The smallest absolute Gasteiger partial charge is 0.270 e. The number of carbonyl (C=O) groups is 2. The van der Waals surface area contributed by atoms with Gasteiger partial charge in [-0.1, -0.05) is 18.2 Å². The van der Waals surface area contributed by atoms with Crippen LogP contribution in [0.4, 0.5) is 10.1 Å². The Morgan fingerprint density at radius 3 is 2.48 bits per heavy atom. The van der Waals surface area contributed by atoms with Crippen LogP contribution in [-0.2, 0) is 11.2 Å². The van der Waals surface area contributed by atoms with E-state index in [1.807, 2.05) is 0 Å². The Balaban J connectivity index is 1.75. The number of benzene rings is 2. The molecule has 0 aliphatic heterocycles. The van der Waals surface area contributed by atoms with Crippen molar-refractivity contribution in [1.82, 2.24) is 10.6 Å². The lowest BCUT2D eigenvalue weighted by molar-refractivity contribution is -0.384. The van der Waals surface area contributed by atoms with Gasteiger partial charge in [-0.05, 0) is 30.2 Å². The van der Waals surface area contributed by atoms with E-state index < -0.39 is 10.8 Å². The predicted octanol–water partition coefficient (Wildman–Crippen LogP) is 1.82. The molecule has 0 fully saturated rings. The summed E-state index contributed by atoms with van der Waals surface area (Å²) < 4.78 is 12.8. The van der Waals surface area contributed by atoms with Gasteiger partial charge in [0, 0.05) is 24.2 Å². The minimum Gasteiger partial charge on any atom is -0.354 e. The van der Waals surface area contributed by atoms with Gasteiger partial charge >= 0.3 is 0 Å². The number of nitro benzene ring substituents is 1. The van der Waals surface area contributed by atoms with Crippen LogP contribution in [-0.4, -0.2) is 29.8 Å². The highest BCUT2D eigenvalue weighted by atomic mass is 19.1. The Morgan fingerprint density at radius 2 is 1.80 bits per heavy atom. The van der Waals surface area contributed by atoms with E-state index in [2.05, 4.69) is 10.6 Å². The lowest BCUT2D eigenvalue weighted by Gasteiger charge is -2.07. The summed E-state index contributed by atoms with van der Waals surface area (Å²) in [4.78, 5) is 33.7. The van der Waals surface area contributed by atoms with Gasteiger partial charge in [0.2, 0.25) is 5.91 Å². The Labute approximate surface area is 143 Å². The van der Waals surface area contributed by atoms with Crippen LogP contribution in [0.1, 0.15) is 15.9 Å². The largest absolute Gasteiger partial charge is 0.354 e. The van der Waals surface area contributed by atoms with Crippen molar-refractivity contribution in [2.45, 2.75) is 6.42 Å². The number of halogens is 1. The third-order valence-electron chi connectivity index (χ3n) is 3.38. The standard InChI is InChI=1S/C17H16FN3O4/c18-14-6-4-12(5-7-14)8-9-19-16(22)11-20-17(23)13-2-1-3-15(10-13)21(24)25/h1-7,10H,8-9,11H2,(H,19,22)(H,20,23). The molecule has 0 radical (unpaired) electrons. The zero-order chi connectivity index (χ0) is 18.2. The molecule has 0 saturated heterocycles. The number of hydrogen-bond acceptors (Lipinski definition) is 4. The van der Waals surface area contributed by atoms with Crippen LogP contribution >= 0.6 is 0 Å². The highest BCUT2D eigenvalue weighted by molar-refractivity contribution is 5.96. The van der Waals surface area contributed by atoms with Crippen molar-refractivity contribution in [2.24, 2.45) is 0 Å². The number of nitrogens with zero attached hydrogens (tertiary/aromatic N) is 1. The molecule has 8 heteroatoms. The van der Waals surface area contributed by atoms with E-state index in [0.29, 0.717) is 13.0 Å². The van der Waals surface area contributed by atoms with Crippen molar-refractivity contribution in [3.63, 3.8) is 0 Å². The molecule has 2 N–H and O–H groups in total. The van der Waals surface area contributed by atoms with Crippen molar-refractivity contribution in [3.05, 3.63) is 75.6 Å². The number of hydrogen-bond donors (Lipinski definition) is 2. The SMILES string of the molecule is O=C(CNC(=O)c1cccc([N+](=O)[O-])c1)NCCc1ccc(F)cc1. The van der Waals surface area contributed by atoms with E-state index in [9.17, 15) is 24.1 Å². The lowest BCUT2D eigenvalue weighted by atomic mass is 10.1. The van der Waals surface area contributed by atoms with Gasteiger partial charge in [0.05, 0.1) is 11.5 Å². The Morgan fingerprint density at radius 1 is 1.08 bits per heavy atom. The molecule has 2 amide bonds. The number of amides is 2. The molecule has 25 heavy (non-hydrogen) atoms. The summed E-state index contributed by atoms with van der Waals surface area (Å²) in [5.74, 6) is -1.28.